The molecule has 0 fully saturated rings. The predicted molar refractivity (Wildman–Crippen MR) is 106 cm³/mol. The number of hydrogen-bond acceptors (Lipinski definition) is 5. The Labute approximate surface area is 160 Å². The van der Waals surface area contributed by atoms with Gasteiger partial charge in [-0.25, -0.2) is 0 Å². The molecule has 0 N–H and O–H groups in total. The van der Waals surface area contributed by atoms with Crippen LogP contribution >= 0.6 is 11.8 Å². The Kier molecular flexibility index (Phi) is 17.0. The highest BCUT2D eigenvalue weighted by molar-refractivity contribution is 8.03. The van der Waals surface area contributed by atoms with E-state index >= 15 is 0 Å². The van der Waals surface area contributed by atoms with Gasteiger partial charge in [-0.05, 0) is 51.8 Å². The predicted octanol–water partition coefficient (Wildman–Crippen LogP) is 6.11. The molecule has 0 spiro atoms. The van der Waals surface area contributed by atoms with Crippen LogP contribution in [0.2, 0.25) is 0 Å². The number of thiocyanates is 1. The molecule has 5 heteroatoms. The molecular formula is C20H39NO3S. The molecule has 4 nitrogen and oxygen atoms in total. The second-order valence-corrected chi connectivity index (χ2v) is 7.12. The Bertz CT molecular complexity index is 316. The molecule has 25 heavy (non-hydrogen) atoms. The van der Waals surface area contributed by atoms with Crippen molar-refractivity contribution in [3.8, 4) is 5.40 Å². The van der Waals surface area contributed by atoms with Gasteiger partial charge in [0, 0.05) is 31.5 Å². The average molecular weight is 374 g/mol. The van der Waals surface area contributed by atoms with Crippen molar-refractivity contribution in [2.24, 2.45) is 5.92 Å². The van der Waals surface area contributed by atoms with Crippen LogP contribution in [0.3, 0.4) is 0 Å². The molecule has 1 unspecified atom stereocenters. The first-order valence-electron chi connectivity index (χ1n) is 10.1. The number of nitriles is 1. The minimum atomic E-state index is -0.932. The molecule has 0 aromatic carbocycles. The summed E-state index contributed by atoms with van der Waals surface area (Å²) < 4.78 is 18.0. The first kappa shape index (κ1) is 24.7. The summed E-state index contributed by atoms with van der Waals surface area (Å²) in [7, 11) is 0. The van der Waals surface area contributed by atoms with E-state index < -0.39 is 5.97 Å². The lowest BCUT2D eigenvalue weighted by atomic mass is 9.93. The van der Waals surface area contributed by atoms with E-state index in [-0.39, 0.29) is 5.92 Å². The monoisotopic (exact) mass is 373 g/mol. The standard InChI is InChI=1S/C20H39NO3S/c1-5-9-10-11-12-13-15-19(16-14-17-25-18-21)20(22-6-2,23-7-3)24-8-4/h19H,5-17H2,1-4H3. The van der Waals surface area contributed by atoms with E-state index in [2.05, 4.69) is 12.3 Å². The van der Waals surface area contributed by atoms with Gasteiger partial charge in [-0.15, -0.1) is 0 Å². The summed E-state index contributed by atoms with van der Waals surface area (Å²) in [5, 5.41) is 10.9. The summed E-state index contributed by atoms with van der Waals surface area (Å²) in [6.07, 6.45) is 10.7. The molecule has 148 valence electrons. The fourth-order valence-corrected chi connectivity index (χ4v) is 3.60. The first-order chi connectivity index (χ1) is 12.2. The molecule has 0 bridgehead atoms. The molecule has 0 aromatic heterocycles. The van der Waals surface area contributed by atoms with Gasteiger partial charge in [-0.2, -0.15) is 5.26 Å². The van der Waals surface area contributed by atoms with Crippen molar-refractivity contribution in [2.75, 3.05) is 25.6 Å². The zero-order chi connectivity index (χ0) is 18.8. The highest BCUT2D eigenvalue weighted by Gasteiger charge is 2.41. The van der Waals surface area contributed by atoms with Crippen molar-refractivity contribution in [1.82, 2.24) is 0 Å². The molecule has 0 amide bonds. The van der Waals surface area contributed by atoms with Crippen LogP contribution < -0.4 is 0 Å². The van der Waals surface area contributed by atoms with Gasteiger partial charge in [0.1, 0.15) is 5.40 Å². The maximum absolute atomic E-state index is 8.73. The van der Waals surface area contributed by atoms with Gasteiger partial charge in [-0.3, -0.25) is 0 Å². The Hall–Kier alpha value is -0.280. The molecule has 1 atom stereocenters. The number of rotatable bonds is 18. The average Bonchev–Trinajstić information content (AvgIpc) is 2.60. The minimum Gasteiger partial charge on any atom is -0.328 e. The number of nitrogens with zero attached hydrogens (tertiary/aromatic N) is 1. The summed E-state index contributed by atoms with van der Waals surface area (Å²) >= 11 is 1.32. The van der Waals surface area contributed by atoms with Crippen LogP contribution in [0, 0.1) is 16.6 Å². The van der Waals surface area contributed by atoms with Gasteiger partial charge in [0.15, 0.2) is 0 Å². The molecular weight excluding hydrogens is 334 g/mol. The van der Waals surface area contributed by atoms with Gasteiger partial charge in [0.2, 0.25) is 0 Å². The Morgan fingerprint density at radius 2 is 1.32 bits per heavy atom. The topological polar surface area (TPSA) is 51.5 Å². The van der Waals surface area contributed by atoms with Gasteiger partial charge in [0.25, 0.3) is 5.97 Å². The largest absolute Gasteiger partial charge is 0.328 e. The van der Waals surface area contributed by atoms with Gasteiger partial charge >= 0.3 is 0 Å². The van der Waals surface area contributed by atoms with Crippen LogP contribution in [0.5, 0.6) is 0 Å². The summed E-state index contributed by atoms with van der Waals surface area (Å²) in [4.78, 5) is 0. The molecule has 0 saturated carbocycles. The SMILES string of the molecule is CCCCCCCCC(CCCSC#N)C(OCC)(OCC)OCC. The fourth-order valence-electron chi connectivity index (χ4n) is 3.20. The highest BCUT2D eigenvalue weighted by atomic mass is 32.2. The summed E-state index contributed by atoms with van der Waals surface area (Å²) in [5.74, 6) is 0.126. The van der Waals surface area contributed by atoms with Crippen molar-refractivity contribution in [3.05, 3.63) is 0 Å². The van der Waals surface area contributed by atoms with Crippen LogP contribution in [0.1, 0.15) is 85.5 Å². The Morgan fingerprint density at radius 3 is 1.84 bits per heavy atom. The molecule has 0 aliphatic rings. The second kappa shape index (κ2) is 17.1. The van der Waals surface area contributed by atoms with E-state index in [1.165, 1.54) is 50.3 Å². The molecule has 0 saturated heterocycles. The lowest BCUT2D eigenvalue weighted by Crippen LogP contribution is -2.46. The van der Waals surface area contributed by atoms with Crippen LogP contribution in [-0.4, -0.2) is 31.5 Å². The van der Waals surface area contributed by atoms with Crippen LogP contribution in [0.15, 0.2) is 0 Å². The van der Waals surface area contributed by atoms with E-state index in [4.69, 9.17) is 19.5 Å². The highest BCUT2D eigenvalue weighted by Crippen LogP contribution is 2.34. The second-order valence-electron chi connectivity index (χ2n) is 6.24. The molecule has 0 heterocycles. The van der Waals surface area contributed by atoms with Gasteiger partial charge in [-0.1, -0.05) is 45.4 Å². The van der Waals surface area contributed by atoms with E-state index in [1.54, 1.807) is 0 Å². The maximum atomic E-state index is 8.73. The quantitative estimate of drug-likeness (QED) is 0.165. The smallest absolute Gasteiger partial charge is 0.285 e. The zero-order valence-corrected chi connectivity index (χ0v) is 17.7. The molecule has 0 radical (unpaired) electrons. The third kappa shape index (κ3) is 11.1. The molecule has 0 aromatic rings. The van der Waals surface area contributed by atoms with Crippen LogP contribution in [0.25, 0.3) is 0 Å². The Balaban J connectivity index is 4.79. The maximum Gasteiger partial charge on any atom is 0.285 e. The van der Waals surface area contributed by atoms with Crippen molar-refractivity contribution < 1.29 is 14.2 Å². The number of thioether (sulfide) groups is 1. The minimum absolute atomic E-state index is 0.206. The van der Waals surface area contributed by atoms with E-state index in [1.807, 2.05) is 20.8 Å². The van der Waals surface area contributed by atoms with E-state index in [0.717, 1.165) is 25.0 Å². The Morgan fingerprint density at radius 1 is 0.800 bits per heavy atom. The number of hydrogen-bond donors (Lipinski definition) is 0. The van der Waals surface area contributed by atoms with Crippen molar-refractivity contribution in [3.63, 3.8) is 0 Å². The first-order valence-corrected chi connectivity index (χ1v) is 11.1. The molecule has 0 aliphatic carbocycles. The van der Waals surface area contributed by atoms with Crippen molar-refractivity contribution in [1.29, 1.82) is 5.26 Å². The molecule has 0 rings (SSSR count). The van der Waals surface area contributed by atoms with Crippen LogP contribution in [0.4, 0.5) is 0 Å². The van der Waals surface area contributed by atoms with Crippen molar-refractivity contribution in [2.45, 2.75) is 91.5 Å². The normalized spacial score (nSPS) is 12.9. The van der Waals surface area contributed by atoms with Crippen molar-refractivity contribution >= 4 is 11.8 Å². The lowest BCUT2D eigenvalue weighted by molar-refractivity contribution is -0.403. The number of unbranched alkanes of at least 4 members (excludes halogenated alkanes) is 5. The van der Waals surface area contributed by atoms with Gasteiger partial charge in [0.05, 0.1) is 0 Å². The zero-order valence-electron chi connectivity index (χ0n) is 16.8. The van der Waals surface area contributed by atoms with E-state index in [0.29, 0.717) is 19.8 Å². The van der Waals surface area contributed by atoms with E-state index in [9.17, 15) is 0 Å². The number of ether oxygens (including phenoxy) is 3. The summed E-state index contributed by atoms with van der Waals surface area (Å²) in [6.45, 7) is 9.91. The van der Waals surface area contributed by atoms with Crippen LogP contribution in [-0.2, 0) is 14.2 Å². The summed E-state index contributed by atoms with van der Waals surface area (Å²) in [6, 6.07) is 0. The fraction of sp³-hybridized carbons (Fsp3) is 0.950. The summed E-state index contributed by atoms with van der Waals surface area (Å²) in [5.41, 5.74) is 0. The third-order valence-corrected chi connectivity index (χ3v) is 4.93. The molecule has 0 aliphatic heterocycles. The van der Waals surface area contributed by atoms with Gasteiger partial charge < -0.3 is 14.2 Å². The lowest BCUT2D eigenvalue weighted by Gasteiger charge is -2.39. The third-order valence-electron chi connectivity index (χ3n) is 4.31.